The van der Waals surface area contributed by atoms with Crippen molar-refractivity contribution in [2.75, 3.05) is 0 Å². The average molecular weight is 266 g/mol. The highest BCUT2D eigenvalue weighted by molar-refractivity contribution is 7.08. The summed E-state index contributed by atoms with van der Waals surface area (Å²) in [5.41, 5.74) is 3.63. The first-order valence-corrected chi connectivity index (χ1v) is 7.15. The van der Waals surface area contributed by atoms with Crippen LogP contribution < -0.4 is 4.74 Å². The maximum atomic E-state index is 5.83. The Morgan fingerprint density at radius 1 is 0.842 bits per heavy atom. The Labute approximate surface area is 117 Å². The fraction of sp³-hybridized carbons (Fsp3) is 0.0588. The van der Waals surface area contributed by atoms with Crippen molar-refractivity contribution in [3.63, 3.8) is 0 Å². The predicted octanol–water partition coefficient (Wildman–Crippen LogP) is 4.99. The van der Waals surface area contributed by atoms with Gasteiger partial charge in [-0.25, -0.2) is 0 Å². The van der Waals surface area contributed by atoms with Crippen LogP contribution in [0.25, 0.3) is 11.1 Å². The first-order valence-electron chi connectivity index (χ1n) is 6.21. The highest BCUT2D eigenvalue weighted by Gasteiger charge is 2.00. The number of rotatable bonds is 4. The molecule has 0 aliphatic carbocycles. The minimum Gasteiger partial charge on any atom is -0.489 e. The van der Waals surface area contributed by atoms with Crippen LogP contribution in [-0.2, 0) is 6.61 Å². The van der Waals surface area contributed by atoms with Crippen molar-refractivity contribution in [2.45, 2.75) is 6.61 Å². The van der Waals surface area contributed by atoms with Crippen molar-refractivity contribution in [3.8, 4) is 16.9 Å². The van der Waals surface area contributed by atoms with Crippen LogP contribution in [0.15, 0.2) is 71.4 Å². The minimum absolute atomic E-state index is 0.605. The molecule has 1 aromatic heterocycles. The molecule has 0 atom stereocenters. The van der Waals surface area contributed by atoms with Crippen LogP contribution in [0.5, 0.6) is 5.75 Å². The molecular weight excluding hydrogens is 252 g/mol. The molecule has 1 heterocycles. The zero-order chi connectivity index (χ0) is 12.9. The van der Waals surface area contributed by atoms with Crippen molar-refractivity contribution < 1.29 is 4.74 Å². The van der Waals surface area contributed by atoms with Gasteiger partial charge in [0.2, 0.25) is 0 Å². The second-order valence-corrected chi connectivity index (χ2v) is 5.09. The fourth-order valence-electron chi connectivity index (χ4n) is 1.94. The van der Waals surface area contributed by atoms with E-state index in [1.54, 1.807) is 11.3 Å². The second kappa shape index (κ2) is 5.72. The van der Waals surface area contributed by atoms with E-state index in [1.807, 2.05) is 30.3 Å². The fourth-order valence-corrected chi connectivity index (χ4v) is 2.60. The van der Waals surface area contributed by atoms with Crippen molar-refractivity contribution in [1.29, 1.82) is 0 Å². The largest absolute Gasteiger partial charge is 0.489 e. The van der Waals surface area contributed by atoms with Crippen LogP contribution in [0, 0.1) is 0 Å². The summed E-state index contributed by atoms with van der Waals surface area (Å²) >= 11 is 1.71. The molecule has 94 valence electrons. The molecule has 2 aromatic carbocycles. The minimum atomic E-state index is 0.605. The molecular formula is C17H14OS. The second-order valence-electron chi connectivity index (χ2n) is 4.31. The van der Waals surface area contributed by atoms with Gasteiger partial charge in [0.1, 0.15) is 12.4 Å². The first-order chi connectivity index (χ1) is 9.42. The van der Waals surface area contributed by atoms with Gasteiger partial charge in [-0.2, -0.15) is 11.3 Å². The van der Waals surface area contributed by atoms with Gasteiger partial charge < -0.3 is 4.74 Å². The molecule has 0 amide bonds. The molecule has 2 heteroatoms. The lowest BCUT2D eigenvalue weighted by Crippen LogP contribution is -1.94. The topological polar surface area (TPSA) is 9.23 Å². The van der Waals surface area contributed by atoms with Gasteiger partial charge in [0.05, 0.1) is 0 Å². The molecule has 0 bridgehead atoms. The van der Waals surface area contributed by atoms with Crippen LogP contribution in [0.1, 0.15) is 5.56 Å². The molecule has 0 fully saturated rings. The van der Waals surface area contributed by atoms with Crippen LogP contribution in [-0.4, -0.2) is 0 Å². The lowest BCUT2D eigenvalue weighted by atomic mass is 10.1. The van der Waals surface area contributed by atoms with E-state index in [0.717, 1.165) is 5.75 Å². The quantitative estimate of drug-likeness (QED) is 0.646. The maximum absolute atomic E-state index is 5.83. The van der Waals surface area contributed by atoms with E-state index < -0.39 is 0 Å². The van der Waals surface area contributed by atoms with E-state index in [9.17, 15) is 0 Å². The van der Waals surface area contributed by atoms with Crippen molar-refractivity contribution in [3.05, 3.63) is 77.0 Å². The third-order valence-corrected chi connectivity index (χ3v) is 3.62. The lowest BCUT2D eigenvalue weighted by molar-refractivity contribution is 0.306. The summed E-state index contributed by atoms with van der Waals surface area (Å²) in [4.78, 5) is 0. The smallest absolute Gasteiger partial charge is 0.120 e. The van der Waals surface area contributed by atoms with Crippen LogP contribution in [0.2, 0.25) is 0 Å². The van der Waals surface area contributed by atoms with Gasteiger partial charge >= 0.3 is 0 Å². The zero-order valence-corrected chi connectivity index (χ0v) is 11.3. The van der Waals surface area contributed by atoms with Crippen molar-refractivity contribution in [1.82, 2.24) is 0 Å². The van der Waals surface area contributed by atoms with Crippen LogP contribution >= 0.6 is 11.3 Å². The summed E-state index contributed by atoms with van der Waals surface area (Å²) in [6, 6.07) is 20.6. The Kier molecular flexibility index (Phi) is 3.61. The molecule has 0 saturated heterocycles. The molecule has 1 nitrogen and oxygen atoms in total. The SMILES string of the molecule is c1ccc(COc2cccc(-c3ccsc3)c2)cc1. The summed E-state index contributed by atoms with van der Waals surface area (Å²) in [6.07, 6.45) is 0. The van der Waals surface area contributed by atoms with Gasteiger partial charge in [-0.1, -0.05) is 42.5 Å². The molecule has 0 N–H and O–H groups in total. The van der Waals surface area contributed by atoms with Crippen molar-refractivity contribution in [2.24, 2.45) is 0 Å². The predicted molar refractivity (Wildman–Crippen MR) is 80.5 cm³/mol. The molecule has 3 aromatic rings. The normalized spacial score (nSPS) is 10.3. The first kappa shape index (κ1) is 12.0. The number of thiophene rings is 1. The summed E-state index contributed by atoms with van der Waals surface area (Å²) < 4.78 is 5.83. The van der Waals surface area contributed by atoms with E-state index in [4.69, 9.17) is 4.74 Å². The Bertz CT molecular complexity index is 629. The Balaban J connectivity index is 1.74. The molecule has 0 spiro atoms. The van der Waals surface area contributed by atoms with Crippen LogP contribution in [0.3, 0.4) is 0 Å². The van der Waals surface area contributed by atoms with Gasteiger partial charge in [-0.05, 0) is 45.6 Å². The Morgan fingerprint density at radius 2 is 1.74 bits per heavy atom. The average Bonchev–Trinajstić information content (AvgIpc) is 3.01. The molecule has 0 aliphatic rings. The molecule has 3 rings (SSSR count). The van der Waals surface area contributed by atoms with Crippen molar-refractivity contribution >= 4 is 11.3 Å². The zero-order valence-electron chi connectivity index (χ0n) is 10.5. The highest BCUT2D eigenvalue weighted by Crippen LogP contribution is 2.26. The molecule has 0 radical (unpaired) electrons. The van der Waals surface area contributed by atoms with Crippen LogP contribution in [0.4, 0.5) is 0 Å². The maximum Gasteiger partial charge on any atom is 0.120 e. The van der Waals surface area contributed by atoms with E-state index in [-0.39, 0.29) is 0 Å². The number of hydrogen-bond acceptors (Lipinski definition) is 2. The molecule has 0 saturated carbocycles. The summed E-state index contributed by atoms with van der Waals surface area (Å²) in [5, 5.41) is 4.24. The summed E-state index contributed by atoms with van der Waals surface area (Å²) in [5.74, 6) is 0.910. The van der Waals surface area contributed by atoms with E-state index in [2.05, 4.69) is 41.1 Å². The molecule has 0 unspecified atom stereocenters. The Hall–Kier alpha value is -2.06. The number of benzene rings is 2. The lowest BCUT2D eigenvalue weighted by Gasteiger charge is -2.07. The van der Waals surface area contributed by atoms with Gasteiger partial charge in [-0.15, -0.1) is 0 Å². The third-order valence-electron chi connectivity index (χ3n) is 2.94. The monoisotopic (exact) mass is 266 g/mol. The van der Waals surface area contributed by atoms with E-state index in [1.165, 1.54) is 16.7 Å². The van der Waals surface area contributed by atoms with E-state index >= 15 is 0 Å². The van der Waals surface area contributed by atoms with Gasteiger partial charge in [0, 0.05) is 0 Å². The Morgan fingerprint density at radius 3 is 2.53 bits per heavy atom. The van der Waals surface area contributed by atoms with E-state index in [0.29, 0.717) is 6.61 Å². The van der Waals surface area contributed by atoms with Gasteiger partial charge in [-0.3, -0.25) is 0 Å². The highest BCUT2D eigenvalue weighted by atomic mass is 32.1. The third kappa shape index (κ3) is 3.04. The van der Waals surface area contributed by atoms with Gasteiger partial charge in [0.25, 0.3) is 0 Å². The summed E-state index contributed by atoms with van der Waals surface area (Å²) in [7, 11) is 0. The number of hydrogen-bond donors (Lipinski definition) is 0. The standard InChI is InChI=1S/C17H14OS/c1-2-5-14(6-3-1)12-18-17-8-4-7-15(11-17)16-9-10-19-13-16/h1-11,13H,12H2. The van der Waals surface area contributed by atoms with Gasteiger partial charge in [0.15, 0.2) is 0 Å². The summed E-state index contributed by atoms with van der Waals surface area (Å²) in [6.45, 7) is 0.605. The number of ether oxygens (including phenoxy) is 1. The molecule has 0 aliphatic heterocycles. The molecule has 19 heavy (non-hydrogen) atoms.